The summed E-state index contributed by atoms with van der Waals surface area (Å²) < 4.78 is 29.2. The number of ether oxygens (including phenoxy) is 1. The van der Waals surface area contributed by atoms with Crippen molar-refractivity contribution in [3.8, 4) is 5.75 Å². The maximum atomic E-state index is 12.9. The number of rotatable bonds is 2. The van der Waals surface area contributed by atoms with Gasteiger partial charge in [0.05, 0.1) is 0 Å². The number of halogens is 2. The van der Waals surface area contributed by atoms with Gasteiger partial charge in [-0.15, -0.1) is 0 Å². The minimum atomic E-state index is -0.999. The first-order valence-corrected chi connectivity index (χ1v) is 3.61. The summed E-state index contributed by atoms with van der Waals surface area (Å²) in [6, 6.07) is 2.91. The van der Waals surface area contributed by atoms with Crippen molar-refractivity contribution in [2.45, 2.75) is 13.8 Å². The van der Waals surface area contributed by atoms with Crippen LogP contribution < -0.4 is 4.74 Å². The van der Waals surface area contributed by atoms with Crippen molar-refractivity contribution in [3.05, 3.63) is 29.1 Å². The number of aryl methyl sites for hydroxylation is 1. The fraction of sp³-hybridized carbons (Fsp3) is 0.333. The Morgan fingerprint density at radius 3 is 2.58 bits per heavy atom. The second kappa shape index (κ2) is 3.52. The third-order valence-corrected chi connectivity index (χ3v) is 1.83. The molecule has 1 aromatic rings. The van der Waals surface area contributed by atoms with Gasteiger partial charge in [0.15, 0.2) is 11.6 Å². The molecule has 0 bridgehead atoms. The van der Waals surface area contributed by atoms with Gasteiger partial charge in [-0.05, 0) is 31.0 Å². The van der Waals surface area contributed by atoms with Gasteiger partial charge in [0, 0.05) is 0 Å². The minimum absolute atomic E-state index is 0.0116. The van der Waals surface area contributed by atoms with Crippen LogP contribution in [0.2, 0.25) is 0 Å². The molecule has 66 valence electrons. The standard InChI is InChI=1S/C9H10F2O/c1-6-3-4-8(11)9(7(6)2)12-5-10/h3-4H,5H2,1-2H3. The fourth-order valence-corrected chi connectivity index (χ4v) is 0.989. The van der Waals surface area contributed by atoms with E-state index in [1.54, 1.807) is 13.0 Å². The molecular weight excluding hydrogens is 162 g/mol. The van der Waals surface area contributed by atoms with E-state index in [1.807, 2.05) is 6.92 Å². The SMILES string of the molecule is Cc1ccc(F)c(OCF)c1C. The summed E-state index contributed by atoms with van der Waals surface area (Å²) in [7, 11) is 0. The van der Waals surface area contributed by atoms with Crippen molar-refractivity contribution in [1.82, 2.24) is 0 Å². The van der Waals surface area contributed by atoms with Crippen LogP contribution in [0.3, 0.4) is 0 Å². The Morgan fingerprint density at radius 1 is 1.33 bits per heavy atom. The van der Waals surface area contributed by atoms with Crippen molar-refractivity contribution in [3.63, 3.8) is 0 Å². The van der Waals surface area contributed by atoms with Crippen molar-refractivity contribution >= 4 is 0 Å². The molecule has 1 aromatic carbocycles. The lowest BCUT2D eigenvalue weighted by Gasteiger charge is -2.08. The summed E-state index contributed by atoms with van der Waals surface area (Å²) in [5.41, 5.74) is 1.53. The highest BCUT2D eigenvalue weighted by atomic mass is 19.1. The van der Waals surface area contributed by atoms with E-state index in [0.717, 1.165) is 5.56 Å². The van der Waals surface area contributed by atoms with Gasteiger partial charge in [0.25, 0.3) is 0 Å². The molecule has 0 spiro atoms. The van der Waals surface area contributed by atoms with E-state index in [1.165, 1.54) is 6.07 Å². The molecule has 1 nitrogen and oxygen atoms in total. The zero-order valence-electron chi connectivity index (χ0n) is 7.03. The molecule has 0 unspecified atom stereocenters. The minimum Gasteiger partial charge on any atom is -0.460 e. The summed E-state index contributed by atoms with van der Waals surface area (Å²) in [5.74, 6) is -0.506. The molecule has 0 radical (unpaired) electrons. The third kappa shape index (κ3) is 1.55. The van der Waals surface area contributed by atoms with E-state index >= 15 is 0 Å². The van der Waals surface area contributed by atoms with Crippen LogP contribution in [-0.4, -0.2) is 6.86 Å². The van der Waals surface area contributed by atoms with Crippen molar-refractivity contribution < 1.29 is 13.5 Å². The van der Waals surface area contributed by atoms with E-state index in [9.17, 15) is 8.78 Å². The molecule has 0 saturated heterocycles. The number of hydrogen-bond donors (Lipinski definition) is 0. The zero-order valence-corrected chi connectivity index (χ0v) is 7.03. The summed E-state index contributed by atoms with van der Waals surface area (Å²) in [4.78, 5) is 0. The van der Waals surface area contributed by atoms with Crippen LogP contribution in [0, 0.1) is 19.7 Å². The molecule has 1 rings (SSSR count). The predicted molar refractivity (Wildman–Crippen MR) is 42.5 cm³/mol. The molecule has 12 heavy (non-hydrogen) atoms. The van der Waals surface area contributed by atoms with Crippen LogP contribution in [0.25, 0.3) is 0 Å². The Morgan fingerprint density at radius 2 is 2.00 bits per heavy atom. The quantitative estimate of drug-likeness (QED) is 0.666. The van der Waals surface area contributed by atoms with E-state index in [-0.39, 0.29) is 5.75 Å². The molecule has 0 aromatic heterocycles. The van der Waals surface area contributed by atoms with Gasteiger partial charge in [-0.25, -0.2) is 8.78 Å². The molecule has 0 saturated carbocycles. The molecule has 0 fully saturated rings. The molecule has 0 aliphatic heterocycles. The van der Waals surface area contributed by atoms with Crippen LogP contribution >= 0.6 is 0 Å². The van der Waals surface area contributed by atoms with Crippen molar-refractivity contribution in [2.24, 2.45) is 0 Å². The van der Waals surface area contributed by atoms with Crippen molar-refractivity contribution in [2.75, 3.05) is 6.86 Å². The molecule has 0 heterocycles. The summed E-state index contributed by atoms with van der Waals surface area (Å²) >= 11 is 0. The van der Waals surface area contributed by atoms with E-state index in [0.29, 0.717) is 5.56 Å². The Bertz CT molecular complexity index is 284. The second-order valence-corrected chi connectivity index (χ2v) is 2.57. The van der Waals surface area contributed by atoms with Crippen LogP contribution in [-0.2, 0) is 0 Å². The lowest BCUT2D eigenvalue weighted by molar-refractivity contribution is 0.183. The highest BCUT2D eigenvalue weighted by Crippen LogP contribution is 2.24. The lowest BCUT2D eigenvalue weighted by atomic mass is 10.1. The van der Waals surface area contributed by atoms with Gasteiger partial charge in [0.2, 0.25) is 6.86 Å². The maximum Gasteiger partial charge on any atom is 0.228 e. The smallest absolute Gasteiger partial charge is 0.228 e. The Labute approximate surface area is 70.0 Å². The maximum absolute atomic E-state index is 12.9. The highest BCUT2D eigenvalue weighted by Gasteiger charge is 2.08. The fourth-order valence-electron chi connectivity index (χ4n) is 0.989. The van der Waals surface area contributed by atoms with Crippen LogP contribution in [0.15, 0.2) is 12.1 Å². The van der Waals surface area contributed by atoms with Gasteiger partial charge < -0.3 is 4.74 Å². The Balaban J connectivity index is 3.14. The van der Waals surface area contributed by atoms with E-state index in [2.05, 4.69) is 4.74 Å². The van der Waals surface area contributed by atoms with Gasteiger partial charge in [-0.3, -0.25) is 0 Å². The molecule has 0 aliphatic rings. The Hall–Kier alpha value is -1.12. The molecular formula is C9H10F2O. The predicted octanol–water partition coefficient (Wildman–Crippen LogP) is 2.75. The van der Waals surface area contributed by atoms with Gasteiger partial charge in [-0.1, -0.05) is 6.07 Å². The largest absolute Gasteiger partial charge is 0.460 e. The normalized spacial score (nSPS) is 10.0. The van der Waals surface area contributed by atoms with Crippen LogP contribution in [0.4, 0.5) is 8.78 Å². The van der Waals surface area contributed by atoms with Gasteiger partial charge in [0.1, 0.15) is 0 Å². The molecule has 0 amide bonds. The number of alkyl halides is 1. The summed E-state index contributed by atoms with van der Waals surface area (Å²) in [6.45, 7) is 2.52. The lowest BCUT2D eigenvalue weighted by Crippen LogP contribution is -1.97. The Kier molecular flexibility index (Phi) is 2.63. The third-order valence-electron chi connectivity index (χ3n) is 1.83. The van der Waals surface area contributed by atoms with Crippen LogP contribution in [0.5, 0.6) is 5.75 Å². The van der Waals surface area contributed by atoms with Crippen LogP contribution in [0.1, 0.15) is 11.1 Å². The first kappa shape index (κ1) is 8.97. The molecule has 0 aliphatic carbocycles. The molecule has 3 heteroatoms. The summed E-state index contributed by atoms with van der Waals surface area (Å²) in [6.07, 6.45) is 0. The molecule has 0 atom stereocenters. The topological polar surface area (TPSA) is 9.23 Å². The first-order valence-electron chi connectivity index (χ1n) is 3.61. The summed E-state index contributed by atoms with van der Waals surface area (Å²) in [5, 5.41) is 0. The van der Waals surface area contributed by atoms with Gasteiger partial charge >= 0.3 is 0 Å². The average Bonchev–Trinajstić information content (AvgIpc) is 2.06. The van der Waals surface area contributed by atoms with Gasteiger partial charge in [-0.2, -0.15) is 0 Å². The first-order chi connectivity index (χ1) is 5.66. The van der Waals surface area contributed by atoms with E-state index in [4.69, 9.17) is 0 Å². The number of hydrogen-bond acceptors (Lipinski definition) is 1. The second-order valence-electron chi connectivity index (χ2n) is 2.57. The number of benzene rings is 1. The van der Waals surface area contributed by atoms with E-state index < -0.39 is 12.7 Å². The zero-order chi connectivity index (χ0) is 9.14. The monoisotopic (exact) mass is 172 g/mol. The van der Waals surface area contributed by atoms with Crippen molar-refractivity contribution in [1.29, 1.82) is 0 Å². The highest BCUT2D eigenvalue weighted by molar-refractivity contribution is 5.39. The molecule has 0 N–H and O–H groups in total. The average molecular weight is 172 g/mol.